The van der Waals surface area contributed by atoms with Crippen molar-refractivity contribution in [2.45, 2.75) is 61.8 Å². The number of hydrogen-bond donors (Lipinski definition) is 2. The maximum atomic E-state index is 13.7. The van der Waals surface area contributed by atoms with Crippen LogP contribution in [0.25, 0.3) is 0 Å². The molecule has 8 rings (SSSR count). The Hall–Kier alpha value is -2.18. The van der Waals surface area contributed by atoms with E-state index in [4.69, 9.17) is 4.74 Å². The molecule has 5 heterocycles. The van der Waals surface area contributed by atoms with Crippen LogP contribution < -0.4 is 10.6 Å². The first-order valence-corrected chi connectivity index (χ1v) is 13.4. The fourth-order valence-electron chi connectivity index (χ4n) is 7.02. The fourth-order valence-corrected chi connectivity index (χ4v) is 7.02. The summed E-state index contributed by atoms with van der Waals surface area (Å²) < 4.78 is 46.6. The topological polar surface area (TPSA) is 85.9 Å². The van der Waals surface area contributed by atoms with Crippen molar-refractivity contribution in [1.82, 2.24) is 24.7 Å². The smallest absolute Gasteiger partial charge is 0.378 e. The zero-order valence-corrected chi connectivity index (χ0v) is 21.3. The Balaban J connectivity index is 1.06. The van der Waals surface area contributed by atoms with Gasteiger partial charge in [0.2, 0.25) is 11.9 Å². The highest BCUT2D eigenvalue weighted by atomic mass is 19.4. The van der Waals surface area contributed by atoms with E-state index in [1.54, 1.807) is 0 Å². The quantitative estimate of drug-likeness (QED) is 0.502. The van der Waals surface area contributed by atoms with Crippen LogP contribution in [0, 0.1) is 5.92 Å². The van der Waals surface area contributed by atoms with E-state index in [1.165, 1.54) is 0 Å². The minimum Gasteiger partial charge on any atom is -0.378 e. The summed E-state index contributed by atoms with van der Waals surface area (Å²) in [5.74, 6) is 0.0364. The molecule has 4 aliphatic heterocycles. The van der Waals surface area contributed by atoms with Gasteiger partial charge in [0.05, 0.1) is 25.2 Å². The number of anilines is 2. The van der Waals surface area contributed by atoms with Gasteiger partial charge in [-0.3, -0.25) is 9.69 Å². The van der Waals surface area contributed by atoms with Crippen molar-refractivity contribution in [3.8, 4) is 0 Å². The number of amides is 1. The molecule has 2 atom stereocenters. The highest BCUT2D eigenvalue weighted by Gasteiger charge is 2.70. The predicted molar refractivity (Wildman–Crippen MR) is 131 cm³/mol. The van der Waals surface area contributed by atoms with E-state index in [1.807, 2.05) is 4.90 Å². The molecule has 9 nitrogen and oxygen atoms in total. The van der Waals surface area contributed by atoms with Crippen LogP contribution in [0.15, 0.2) is 6.20 Å². The molecule has 7 fully saturated rings. The van der Waals surface area contributed by atoms with Crippen LogP contribution in [0.5, 0.6) is 0 Å². The molecule has 1 aromatic rings. The van der Waals surface area contributed by atoms with Crippen molar-refractivity contribution in [3.05, 3.63) is 11.8 Å². The van der Waals surface area contributed by atoms with Crippen molar-refractivity contribution in [1.29, 1.82) is 0 Å². The Morgan fingerprint density at radius 3 is 2.62 bits per heavy atom. The molecular formula is C25H36F3N7O2. The number of rotatable bonds is 8. The van der Waals surface area contributed by atoms with Crippen LogP contribution in [0.3, 0.4) is 0 Å². The van der Waals surface area contributed by atoms with E-state index < -0.39 is 11.7 Å². The summed E-state index contributed by atoms with van der Waals surface area (Å²) in [6.07, 6.45) is 1.54. The molecule has 7 aliphatic rings. The van der Waals surface area contributed by atoms with Gasteiger partial charge >= 0.3 is 6.18 Å². The molecule has 2 N–H and O–H groups in total. The molecule has 37 heavy (non-hydrogen) atoms. The number of nitrogens with zero attached hydrogens (tertiary/aromatic N) is 5. The molecule has 4 bridgehead atoms. The number of carbonyl (C=O) groups excluding carboxylic acids is 1. The third kappa shape index (κ3) is 4.65. The summed E-state index contributed by atoms with van der Waals surface area (Å²) in [7, 11) is 2.14. The summed E-state index contributed by atoms with van der Waals surface area (Å²) in [6.45, 7) is 6.04. The Labute approximate surface area is 215 Å². The van der Waals surface area contributed by atoms with Gasteiger partial charge in [0, 0.05) is 56.5 Å². The largest absolute Gasteiger partial charge is 0.421 e. The van der Waals surface area contributed by atoms with E-state index >= 15 is 0 Å². The van der Waals surface area contributed by atoms with Crippen LogP contribution in [-0.2, 0) is 15.7 Å². The average molecular weight is 524 g/mol. The van der Waals surface area contributed by atoms with Crippen molar-refractivity contribution in [2.24, 2.45) is 5.92 Å². The van der Waals surface area contributed by atoms with Crippen LogP contribution in [0.1, 0.15) is 44.1 Å². The SMILES string of the molecule is CN1CCN(C23CC(Nc4ncc(C(F)(F)F)c(NCCCN5C(=O)C6CCC5COC6)n4)(C2)C3)CC1. The van der Waals surface area contributed by atoms with Crippen LogP contribution >= 0.6 is 0 Å². The number of hydrogen-bond acceptors (Lipinski definition) is 8. The maximum Gasteiger partial charge on any atom is 0.421 e. The van der Waals surface area contributed by atoms with Gasteiger partial charge in [0.1, 0.15) is 11.4 Å². The summed E-state index contributed by atoms with van der Waals surface area (Å²) in [6, 6.07) is 0.0639. The molecule has 0 aromatic carbocycles. The second-order valence-corrected chi connectivity index (χ2v) is 11.7. The average Bonchev–Trinajstić information content (AvgIpc) is 3.13. The van der Waals surface area contributed by atoms with Crippen LogP contribution in [-0.4, -0.2) is 107 Å². The van der Waals surface area contributed by atoms with Gasteiger partial charge in [-0.25, -0.2) is 4.98 Å². The van der Waals surface area contributed by atoms with Crippen molar-refractivity contribution in [2.75, 3.05) is 70.2 Å². The van der Waals surface area contributed by atoms with Gasteiger partial charge in [0.25, 0.3) is 0 Å². The zero-order chi connectivity index (χ0) is 25.8. The number of piperazine rings is 1. The summed E-state index contributed by atoms with van der Waals surface area (Å²) in [5.41, 5.74) is -0.756. The molecular weight excluding hydrogens is 487 g/mol. The lowest BCUT2D eigenvalue weighted by atomic mass is 9.43. The third-order valence-electron chi connectivity index (χ3n) is 9.07. The van der Waals surface area contributed by atoms with E-state index in [2.05, 4.69) is 37.4 Å². The first kappa shape index (κ1) is 25.1. The van der Waals surface area contributed by atoms with Gasteiger partial charge < -0.3 is 25.2 Å². The minimum atomic E-state index is -4.56. The molecule has 3 saturated carbocycles. The van der Waals surface area contributed by atoms with E-state index in [0.29, 0.717) is 26.2 Å². The third-order valence-corrected chi connectivity index (χ3v) is 9.07. The second kappa shape index (κ2) is 9.23. The lowest BCUT2D eigenvalue weighted by molar-refractivity contribution is -0.160. The molecule has 1 aromatic heterocycles. The highest BCUT2D eigenvalue weighted by molar-refractivity contribution is 5.80. The number of aromatic nitrogens is 2. The number of piperidine rings is 1. The molecule has 0 radical (unpaired) electrons. The van der Waals surface area contributed by atoms with E-state index in [-0.39, 0.29) is 47.3 Å². The number of ether oxygens (including phenoxy) is 1. The Kier molecular flexibility index (Phi) is 6.27. The monoisotopic (exact) mass is 523 g/mol. The number of fused-ring (bicyclic) bond motifs is 4. The lowest BCUT2D eigenvalue weighted by Gasteiger charge is -2.74. The van der Waals surface area contributed by atoms with Gasteiger partial charge in [-0.05, 0) is 45.6 Å². The van der Waals surface area contributed by atoms with Crippen molar-refractivity contribution in [3.63, 3.8) is 0 Å². The summed E-state index contributed by atoms with van der Waals surface area (Å²) in [4.78, 5) is 27.7. The van der Waals surface area contributed by atoms with Gasteiger partial charge in [0.15, 0.2) is 0 Å². The maximum absolute atomic E-state index is 13.7. The Morgan fingerprint density at radius 2 is 1.89 bits per heavy atom. The van der Waals surface area contributed by atoms with Crippen LogP contribution in [0.2, 0.25) is 0 Å². The fraction of sp³-hybridized carbons (Fsp3) is 0.800. The number of halogens is 3. The molecule has 12 heteroatoms. The standard InChI is InChI=1S/C25H36F3N7O2/c1-33-7-9-34(10-8-33)24-14-23(15-24,16-24)32-22-30-11-19(25(26,27)28)20(31-22)29-5-2-6-35-18-4-3-17(21(35)36)12-37-13-18/h11,17-18H,2-10,12-16H2,1H3,(H2,29,30,31,32). The van der Waals surface area contributed by atoms with Gasteiger partial charge in [-0.15, -0.1) is 0 Å². The summed E-state index contributed by atoms with van der Waals surface area (Å²) in [5, 5.41) is 6.23. The first-order chi connectivity index (χ1) is 17.7. The molecule has 4 saturated heterocycles. The van der Waals surface area contributed by atoms with Gasteiger partial charge in [-0.2, -0.15) is 18.2 Å². The highest BCUT2D eigenvalue weighted by Crippen LogP contribution is 2.64. The Bertz CT molecular complexity index is 1010. The zero-order valence-electron chi connectivity index (χ0n) is 21.3. The van der Waals surface area contributed by atoms with Crippen molar-refractivity contribution >= 4 is 17.7 Å². The van der Waals surface area contributed by atoms with Crippen molar-refractivity contribution < 1.29 is 22.7 Å². The first-order valence-electron chi connectivity index (χ1n) is 13.4. The van der Waals surface area contributed by atoms with E-state index in [0.717, 1.165) is 64.5 Å². The molecule has 2 unspecified atom stereocenters. The number of carbonyl (C=O) groups is 1. The minimum absolute atomic E-state index is 0.0639. The molecule has 204 valence electrons. The lowest BCUT2D eigenvalue weighted by Crippen LogP contribution is -2.82. The molecule has 1 amide bonds. The summed E-state index contributed by atoms with van der Waals surface area (Å²) >= 11 is 0. The number of alkyl halides is 3. The predicted octanol–water partition coefficient (Wildman–Crippen LogP) is 2.27. The number of nitrogens with one attached hydrogen (secondary N) is 2. The molecule has 0 spiro atoms. The normalized spacial score (nSPS) is 34.1. The Morgan fingerprint density at radius 1 is 1.14 bits per heavy atom. The van der Waals surface area contributed by atoms with Crippen LogP contribution in [0.4, 0.5) is 24.9 Å². The number of likely N-dealkylation sites (N-methyl/N-ethyl adjacent to an activating group) is 1. The van der Waals surface area contributed by atoms with Gasteiger partial charge in [-0.1, -0.05) is 0 Å². The molecule has 3 aliphatic carbocycles. The van der Waals surface area contributed by atoms with E-state index in [9.17, 15) is 18.0 Å². The second-order valence-electron chi connectivity index (χ2n) is 11.7.